The molecule has 4 rings (SSSR count). The van der Waals surface area contributed by atoms with Gasteiger partial charge in [0.15, 0.2) is 5.84 Å². The van der Waals surface area contributed by atoms with Crippen molar-refractivity contribution in [2.75, 3.05) is 17.3 Å². The topological polar surface area (TPSA) is 142 Å². The van der Waals surface area contributed by atoms with Gasteiger partial charge in [0, 0.05) is 18.2 Å². The van der Waals surface area contributed by atoms with Crippen molar-refractivity contribution in [2.45, 2.75) is 36.6 Å². The number of amides is 1. The minimum Gasteiger partial charge on any atom is -0.511 e. The van der Waals surface area contributed by atoms with E-state index in [4.69, 9.17) is 0 Å². The average molecular weight is 446 g/mol. The van der Waals surface area contributed by atoms with Gasteiger partial charge in [-0.25, -0.2) is 8.42 Å². The van der Waals surface area contributed by atoms with E-state index in [1.54, 1.807) is 5.38 Å². The summed E-state index contributed by atoms with van der Waals surface area (Å²) in [6.45, 7) is 0. The summed E-state index contributed by atoms with van der Waals surface area (Å²) in [5.74, 6) is -1.32. The Bertz CT molecular complexity index is 1130. The van der Waals surface area contributed by atoms with Gasteiger partial charge in [-0.1, -0.05) is 6.42 Å². The molecule has 2 aliphatic heterocycles. The molecule has 1 aliphatic carbocycles. The van der Waals surface area contributed by atoms with Crippen LogP contribution in [0.4, 0.5) is 5.00 Å². The molecule has 0 spiro atoms. The van der Waals surface area contributed by atoms with E-state index in [9.17, 15) is 26.7 Å². The molecule has 9 nitrogen and oxygen atoms in total. The number of fused-ring (bicyclic) bond motifs is 2. The van der Waals surface area contributed by atoms with Crippen LogP contribution in [0.2, 0.25) is 0 Å². The molecule has 0 aromatic carbocycles. The van der Waals surface area contributed by atoms with E-state index >= 15 is 0 Å². The normalized spacial score (nSPS) is 26.2. The molecule has 3 heterocycles. The summed E-state index contributed by atoms with van der Waals surface area (Å²) in [4.78, 5) is 12.4. The molecule has 0 unspecified atom stereocenters. The minimum atomic E-state index is -4.15. The van der Waals surface area contributed by atoms with Crippen LogP contribution in [0.15, 0.2) is 26.0 Å². The van der Waals surface area contributed by atoms with E-state index < -0.39 is 25.8 Å². The molecular formula is C16H19N3O6S3. The molecule has 3 aliphatic rings. The number of nitrogens with one attached hydrogen (secondary N) is 2. The minimum absolute atomic E-state index is 0.0502. The first kappa shape index (κ1) is 19.4. The smallest absolute Gasteiger partial charge is 0.287 e. The Morgan fingerprint density at radius 2 is 2.11 bits per heavy atom. The van der Waals surface area contributed by atoms with E-state index in [0.29, 0.717) is 12.0 Å². The molecule has 2 atom stereocenters. The molecular weight excluding hydrogens is 426 g/mol. The third-order valence-electron chi connectivity index (χ3n) is 5.16. The molecule has 1 saturated carbocycles. The van der Waals surface area contributed by atoms with Gasteiger partial charge in [0.25, 0.3) is 15.9 Å². The summed E-state index contributed by atoms with van der Waals surface area (Å²) < 4.78 is 52.1. The standard InChI is InChI=1S/C16H19N3O6S3/c1-27(22,23)6-5-8-7-26-16-13(8)28(24,25)19-14(18-16)11-12(20)9-3-2-4-10(9)17-15(11)21/h7,9-10,20H,2-6H2,1H3,(H,17,21)(H,18,19)/t9-,10+/m1/s1. The van der Waals surface area contributed by atoms with Crippen molar-refractivity contribution in [3.8, 4) is 0 Å². The fourth-order valence-corrected chi connectivity index (χ4v) is 7.12. The highest BCUT2D eigenvalue weighted by molar-refractivity contribution is 7.91. The SMILES string of the molecule is CS(=O)(=O)CCc1csc2c1S(=O)(=O)N=C(C1=C(O)[C@@H]3CCC[C@@H]3NC1=O)N2. The Hall–Kier alpha value is -1.92. The lowest BCUT2D eigenvalue weighted by molar-refractivity contribution is -0.118. The number of hydrogen-bond donors (Lipinski definition) is 3. The van der Waals surface area contributed by atoms with Crippen molar-refractivity contribution in [1.82, 2.24) is 5.32 Å². The van der Waals surface area contributed by atoms with Gasteiger partial charge in [-0.2, -0.15) is 8.42 Å². The highest BCUT2D eigenvalue weighted by Crippen LogP contribution is 2.40. The number of thiophene rings is 1. The first-order chi connectivity index (χ1) is 13.1. The van der Waals surface area contributed by atoms with Crippen LogP contribution in [-0.2, 0) is 31.1 Å². The zero-order valence-corrected chi connectivity index (χ0v) is 17.4. The maximum Gasteiger partial charge on any atom is 0.287 e. The van der Waals surface area contributed by atoms with Gasteiger partial charge in [-0.3, -0.25) is 4.79 Å². The summed E-state index contributed by atoms with van der Waals surface area (Å²) in [6, 6.07) is -0.142. The monoisotopic (exact) mass is 445 g/mol. The van der Waals surface area contributed by atoms with E-state index in [1.165, 1.54) is 0 Å². The van der Waals surface area contributed by atoms with Gasteiger partial charge in [0.05, 0.1) is 5.75 Å². The lowest BCUT2D eigenvalue weighted by Gasteiger charge is -2.29. The van der Waals surface area contributed by atoms with Crippen LogP contribution < -0.4 is 10.6 Å². The van der Waals surface area contributed by atoms with Crippen molar-refractivity contribution in [1.29, 1.82) is 0 Å². The lowest BCUT2D eigenvalue weighted by atomic mass is 9.92. The molecule has 3 N–H and O–H groups in total. The van der Waals surface area contributed by atoms with Crippen molar-refractivity contribution >= 4 is 47.9 Å². The molecule has 1 fully saturated rings. The Morgan fingerprint density at radius 1 is 1.36 bits per heavy atom. The number of hydrogen-bond acceptors (Lipinski definition) is 8. The Balaban J connectivity index is 1.72. The molecule has 12 heteroatoms. The molecule has 28 heavy (non-hydrogen) atoms. The molecule has 0 saturated heterocycles. The Labute approximate surface area is 166 Å². The van der Waals surface area contributed by atoms with E-state index in [-0.39, 0.29) is 51.2 Å². The number of amidine groups is 1. The summed E-state index contributed by atoms with van der Waals surface area (Å²) in [5, 5.41) is 18.1. The fourth-order valence-electron chi connectivity index (χ4n) is 3.86. The number of aryl methyl sites for hydroxylation is 1. The molecule has 152 valence electrons. The van der Waals surface area contributed by atoms with Gasteiger partial charge in [-0.15, -0.1) is 15.7 Å². The number of carbonyl (C=O) groups excluding carboxylic acids is 1. The second-order valence-corrected chi connectivity index (χ2v) is 11.9. The highest BCUT2D eigenvalue weighted by atomic mass is 32.2. The van der Waals surface area contributed by atoms with Gasteiger partial charge in [0.1, 0.15) is 31.1 Å². The summed E-state index contributed by atoms with van der Waals surface area (Å²) in [5.41, 5.74) is 0.214. The van der Waals surface area contributed by atoms with Crippen molar-refractivity contribution in [2.24, 2.45) is 10.3 Å². The Morgan fingerprint density at radius 3 is 2.82 bits per heavy atom. The number of rotatable bonds is 4. The summed E-state index contributed by atoms with van der Waals surface area (Å²) in [6.07, 6.45) is 3.48. The second kappa shape index (κ2) is 6.56. The number of aliphatic hydroxyl groups is 1. The van der Waals surface area contributed by atoms with Crippen LogP contribution in [0.3, 0.4) is 0 Å². The molecule has 0 radical (unpaired) electrons. The second-order valence-electron chi connectivity index (χ2n) is 7.22. The van der Waals surface area contributed by atoms with Gasteiger partial charge >= 0.3 is 0 Å². The van der Waals surface area contributed by atoms with E-state index in [1.807, 2.05) is 0 Å². The van der Waals surface area contributed by atoms with Gasteiger partial charge in [-0.05, 0) is 30.2 Å². The number of carbonyl (C=O) groups is 1. The maximum absolute atomic E-state index is 12.8. The fraction of sp³-hybridized carbons (Fsp3) is 0.500. The summed E-state index contributed by atoms with van der Waals surface area (Å²) in [7, 11) is -7.40. The quantitative estimate of drug-likeness (QED) is 0.626. The van der Waals surface area contributed by atoms with Crippen LogP contribution in [0, 0.1) is 5.92 Å². The van der Waals surface area contributed by atoms with Gasteiger partial charge in [0.2, 0.25) is 0 Å². The predicted octanol–water partition coefficient (Wildman–Crippen LogP) is 0.958. The third-order valence-corrected chi connectivity index (χ3v) is 8.59. The number of sulfone groups is 1. The van der Waals surface area contributed by atoms with Crippen molar-refractivity contribution < 1.29 is 26.7 Å². The molecule has 1 aromatic heterocycles. The first-order valence-electron chi connectivity index (χ1n) is 8.71. The zero-order chi connectivity index (χ0) is 20.3. The van der Waals surface area contributed by atoms with Crippen LogP contribution in [-0.4, -0.2) is 51.7 Å². The predicted molar refractivity (Wildman–Crippen MR) is 105 cm³/mol. The molecule has 0 bridgehead atoms. The first-order valence-corrected chi connectivity index (χ1v) is 13.1. The Kier molecular flexibility index (Phi) is 4.55. The highest BCUT2D eigenvalue weighted by Gasteiger charge is 2.42. The van der Waals surface area contributed by atoms with Crippen LogP contribution in [0.5, 0.6) is 0 Å². The molecule has 1 amide bonds. The van der Waals surface area contributed by atoms with E-state index in [0.717, 1.165) is 30.4 Å². The average Bonchev–Trinajstić information content (AvgIpc) is 3.18. The number of anilines is 1. The molecule has 1 aromatic rings. The number of aliphatic hydroxyl groups excluding tert-OH is 1. The van der Waals surface area contributed by atoms with Crippen molar-refractivity contribution in [3.05, 3.63) is 22.3 Å². The zero-order valence-electron chi connectivity index (χ0n) is 14.9. The van der Waals surface area contributed by atoms with Crippen LogP contribution in [0.1, 0.15) is 24.8 Å². The van der Waals surface area contributed by atoms with E-state index in [2.05, 4.69) is 15.0 Å². The van der Waals surface area contributed by atoms with Crippen LogP contribution >= 0.6 is 11.3 Å². The largest absolute Gasteiger partial charge is 0.511 e. The maximum atomic E-state index is 12.8. The third kappa shape index (κ3) is 3.33. The van der Waals surface area contributed by atoms with Crippen LogP contribution in [0.25, 0.3) is 0 Å². The summed E-state index contributed by atoms with van der Waals surface area (Å²) >= 11 is 1.09. The number of nitrogens with zero attached hydrogens (tertiary/aromatic N) is 1. The number of sulfonamides is 1. The van der Waals surface area contributed by atoms with Crippen molar-refractivity contribution in [3.63, 3.8) is 0 Å². The van der Waals surface area contributed by atoms with Gasteiger partial charge < -0.3 is 15.7 Å². The lowest BCUT2D eigenvalue weighted by Crippen LogP contribution is -2.47.